The van der Waals surface area contributed by atoms with Crippen molar-refractivity contribution in [3.05, 3.63) is 59.0 Å². The topological polar surface area (TPSA) is 56.7 Å². The van der Waals surface area contributed by atoms with Crippen LogP contribution in [-0.2, 0) is 19.4 Å². The lowest BCUT2D eigenvalue weighted by Gasteiger charge is -2.08. The van der Waals surface area contributed by atoms with Crippen LogP contribution in [0.1, 0.15) is 17.8 Å². The van der Waals surface area contributed by atoms with Crippen LogP contribution in [0.2, 0.25) is 5.02 Å². The SMILES string of the molecule is NCCCn1c(CCc2ccccc2)nc2cc(Cl)cnc21. The zero-order valence-electron chi connectivity index (χ0n) is 12.4. The number of hydrogen-bond donors (Lipinski definition) is 1. The molecule has 114 valence electrons. The summed E-state index contributed by atoms with van der Waals surface area (Å²) in [7, 11) is 0. The van der Waals surface area contributed by atoms with Crippen molar-refractivity contribution in [2.45, 2.75) is 25.8 Å². The molecule has 22 heavy (non-hydrogen) atoms. The van der Waals surface area contributed by atoms with Gasteiger partial charge in [0.25, 0.3) is 0 Å². The number of pyridine rings is 1. The highest BCUT2D eigenvalue weighted by Crippen LogP contribution is 2.19. The van der Waals surface area contributed by atoms with Crippen molar-refractivity contribution in [1.82, 2.24) is 14.5 Å². The van der Waals surface area contributed by atoms with Crippen LogP contribution in [0.4, 0.5) is 0 Å². The Morgan fingerprint density at radius 3 is 2.73 bits per heavy atom. The zero-order chi connectivity index (χ0) is 15.4. The fourth-order valence-electron chi connectivity index (χ4n) is 2.61. The summed E-state index contributed by atoms with van der Waals surface area (Å²) in [5.41, 5.74) is 8.71. The summed E-state index contributed by atoms with van der Waals surface area (Å²) >= 11 is 6.03. The number of hydrogen-bond acceptors (Lipinski definition) is 3. The molecule has 0 bridgehead atoms. The molecule has 3 aromatic rings. The molecule has 0 aliphatic heterocycles. The van der Waals surface area contributed by atoms with Crippen LogP contribution in [0, 0.1) is 0 Å². The molecule has 2 heterocycles. The zero-order valence-corrected chi connectivity index (χ0v) is 13.1. The van der Waals surface area contributed by atoms with E-state index in [1.807, 2.05) is 12.1 Å². The first-order valence-electron chi connectivity index (χ1n) is 7.52. The fraction of sp³-hybridized carbons (Fsp3) is 0.294. The Balaban J connectivity index is 1.89. The van der Waals surface area contributed by atoms with Gasteiger partial charge in [-0.1, -0.05) is 41.9 Å². The number of nitrogens with zero attached hydrogens (tertiary/aromatic N) is 3. The highest BCUT2D eigenvalue weighted by molar-refractivity contribution is 6.31. The minimum absolute atomic E-state index is 0.616. The van der Waals surface area contributed by atoms with Crippen LogP contribution in [0.25, 0.3) is 11.2 Å². The molecule has 0 atom stereocenters. The van der Waals surface area contributed by atoms with Gasteiger partial charge in [0.2, 0.25) is 0 Å². The molecule has 4 nitrogen and oxygen atoms in total. The molecule has 0 spiro atoms. The maximum absolute atomic E-state index is 6.03. The van der Waals surface area contributed by atoms with Gasteiger partial charge in [-0.2, -0.15) is 0 Å². The third-order valence-electron chi connectivity index (χ3n) is 3.70. The molecule has 3 rings (SSSR count). The van der Waals surface area contributed by atoms with Crippen LogP contribution in [0.15, 0.2) is 42.6 Å². The third kappa shape index (κ3) is 3.29. The van der Waals surface area contributed by atoms with Crippen LogP contribution in [0.5, 0.6) is 0 Å². The smallest absolute Gasteiger partial charge is 0.160 e. The molecule has 0 aliphatic rings. The lowest BCUT2D eigenvalue weighted by atomic mass is 10.1. The van der Waals surface area contributed by atoms with Crippen molar-refractivity contribution in [3.63, 3.8) is 0 Å². The summed E-state index contributed by atoms with van der Waals surface area (Å²) in [5.74, 6) is 1.04. The van der Waals surface area contributed by atoms with Crippen LogP contribution >= 0.6 is 11.6 Å². The van der Waals surface area contributed by atoms with Gasteiger partial charge in [-0.3, -0.25) is 0 Å². The number of imidazole rings is 1. The summed E-state index contributed by atoms with van der Waals surface area (Å²) in [6, 6.07) is 12.3. The molecule has 5 heteroatoms. The molecular weight excluding hydrogens is 296 g/mol. The van der Waals surface area contributed by atoms with E-state index in [-0.39, 0.29) is 0 Å². The van der Waals surface area contributed by atoms with E-state index in [0.717, 1.165) is 42.8 Å². The van der Waals surface area contributed by atoms with E-state index in [4.69, 9.17) is 22.3 Å². The van der Waals surface area contributed by atoms with Gasteiger partial charge >= 0.3 is 0 Å². The molecular formula is C17H19ClN4. The highest BCUT2D eigenvalue weighted by Gasteiger charge is 2.12. The molecule has 2 N–H and O–H groups in total. The second-order valence-electron chi connectivity index (χ2n) is 5.30. The Morgan fingerprint density at radius 1 is 1.14 bits per heavy atom. The van der Waals surface area contributed by atoms with Gasteiger partial charge < -0.3 is 10.3 Å². The number of rotatable bonds is 6. The summed E-state index contributed by atoms with van der Waals surface area (Å²) in [5, 5.41) is 0.616. The molecule has 0 unspecified atom stereocenters. The first-order valence-corrected chi connectivity index (χ1v) is 7.90. The van der Waals surface area contributed by atoms with Crippen molar-refractivity contribution in [1.29, 1.82) is 0 Å². The molecule has 0 saturated carbocycles. The van der Waals surface area contributed by atoms with Gasteiger partial charge in [0.1, 0.15) is 11.3 Å². The maximum atomic E-state index is 6.03. The van der Waals surface area contributed by atoms with E-state index < -0.39 is 0 Å². The first-order chi connectivity index (χ1) is 10.8. The fourth-order valence-corrected chi connectivity index (χ4v) is 2.76. The molecule has 0 fully saturated rings. The molecule has 0 aliphatic carbocycles. The largest absolute Gasteiger partial charge is 0.330 e. The average molecular weight is 315 g/mol. The minimum atomic E-state index is 0.616. The van der Waals surface area contributed by atoms with E-state index in [0.29, 0.717) is 11.6 Å². The van der Waals surface area contributed by atoms with Crippen molar-refractivity contribution >= 4 is 22.8 Å². The number of nitrogens with two attached hydrogens (primary N) is 1. The number of fused-ring (bicyclic) bond motifs is 1. The van der Waals surface area contributed by atoms with Crippen LogP contribution < -0.4 is 5.73 Å². The summed E-state index contributed by atoms with van der Waals surface area (Å²) in [4.78, 5) is 9.15. The molecule has 0 radical (unpaired) electrons. The summed E-state index contributed by atoms with van der Waals surface area (Å²) in [6.45, 7) is 1.50. The predicted molar refractivity (Wildman–Crippen MR) is 90.1 cm³/mol. The first kappa shape index (κ1) is 15.0. The maximum Gasteiger partial charge on any atom is 0.160 e. The van der Waals surface area contributed by atoms with Gasteiger partial charge in [-0.05, 0) is 31.0 Å². The van der Waals surface area contributed by atoms with Gasteiger partial charge in [0, 0.05) is 19.2 Å². The molecule has 0 amide bonds. The Labute approximate surface area is 134 Å². The van der Waals surface area contributed by atoms with Gasteiger partial charge in [0.05, 0.1) is 5.02 Å². The number of aryl methyl sites for hydroxylation is 3. The molecule has 2 aromatic heterocycles. The quantitative estimate of drug-likeness (QED) is 0.760. The second kappa shape index (κ2) is 6.90. The van der Waals surface area contributed by atoms with Gasteiger partial charge in [-0.15, -0.1) is 0 Å². The van der Waals surface area contributed by atoms with E-state index in [1.165, 1.54) is 5.56 Å². The standard InChI is InChI=1S/C17H19ClN4/c18-14-11-15-17(20-12-14)22(10-4-9-19)16(21-15)8-7-13-5-2-1-3-6-13/h1-3,5-6,11-12H,4,7-10,19H2. The lowest BCUT2D eigenvalue weighted by Crippen LogP contribution is -2.10. The van der Waals surface area contributed by atoms with E-state index in [9.17, 15) is 0 Å². The van der Waals surface area contributed by atoms with E-state index in [2.05, 4.69) is 33.8 Å². The molecule has 0 saturated heterocycles. The van der Waals surface area contributed by atoms with Gasteiger partial charge in [-0.25, -0.2) is 9.97 Å². The van der Waals surface area contributed by atoms with Crippen molar-refractivity contribution in [3.8, 4) is 0 Å². The number of aromatic nitrogens is 3. The van der Waals surface area contributed by atoms with E-state index in [1.54, 1.807) is 6.20 Å². The van der Waals surface area contributed by atoms with Crippen molar-refractivity contribution in [2.24, 2.45) is 5.73 Å². The predicted octanol–water partition coefficient (Wildman–Crippen LogP) is 3.22. The Morgan fingerprint density at radius 2 is 1.95 bits per heavy atom. The average Bonchev–Trinajstić information content (AvgIpc) is 2.88. The van der Waals surface area contributed by atoms with Gasteiger partial charge in [0.15, 0.2) is 5.65 Å². The van der Waals surface area contributed by atoms with E-state index >= 15 is 0 Å². The summed E-state index contributed by atoms with van der Waals surface area (Å²) in [6.07, 6.45) is 4.42. The summed E-state index contributed by atoms with van der Waals surface area (Å²) < 4.78 is 2.17. The second-order valence-corrected chi connectivity index (χ2v) is 5.74. The Kier molecular flexibility index (Phi) is 4.71. The number of benzene rings is 1. The molecule has 1 aromatic carbocycles. The Hall–Kier alpha value is -1.91. The highest BCUT2D eigenvalue weighted by atomic mass is 35.5. The van der Waals surface area contributed by atoms with Crippen molar-refractivity contribution < 1.29 is 0 Å². The Bertz CT molecular complexity index is 752. The van der Waals surface area contributed by atoms with Crippen LogP contribution in [0.3, 0.4) is 0 Å². The minimum Gasteiger partial charge on any atom is -0.330 e. The monoisotopic (exact) mass is 314 g/mol. The lowest BCUT2D eigenvalue weighted by molar-refractivity contribution is 0.625. The van der Waals surface area contributed by atoms with Crippen molar-refractivity contribution in [2.75, 3.05) is 6.54 Å². The normalized spacial score (nSPS) is 11.2. The van der Waals surface area contributed by atoms with Crippen LogP contribution in [-0.4, -0.2) is 21.1 Å². The third-order valence-corrected chi connectivity index (χ3v) is 3.90. The number of halogens is 1.